The number of rotatable bonds is 18. The summed E-state index contributed by atoms with van der Waals surface area (Å²) >= 11 is 0. The Labute approximate surface area is 408 Å². The van der Waals surface area contributed by atoms with Crippen molar-refractivity contribution in [3.8, 4) is 11.4 Å². The number of carbonyl (C=O) groups is 7. The van der Waals surface area contributed by atoms with Gasteiger partial charge >= 0.3 is 12.1 Å². The van der Waals surface area contributed by atoms with Crippen LogP contribution in [0.1, 0.15) is 91.9 Å². The van der Waals surface area contributed by atoms with Gasteiger partial charge in [-0.05, 0) is 82.3 Å². The minimum atomic E-state index is -2.02. The number of ether oxygens (including phenoxy) is 2. The van der Waals surface area contributed by atoms with E-state index < -0.39 is 83.4 Å². The second-order valence-electron chi connectivity index (χ2n) is 19.0. The maximum Gasteiger partial charge on any atom is 0.408 e. The van der Waals surface area contributed by atoms with Gasteiger partial charge in [0.2, 0.25) is 29.5 Å². The summed E-state index contributed by atoms with van der Waals surface area (Å²) in [4.78, 5) is 110. The van der Waals surface area contributed by atoms with Gasteiger partial charge in [-0.2, -0.15) is 0 Å². The maximum absolute atomic E-state index is 15.4. The number of benzene rings is 2. The van der Waals surface area contributed by atoms with E-state index in [4.69, 9.17) is 14.5 Å². The molecule has 0 bridgehead atoms. The van der Waals surface area contributed by atoms with Crippen molar-refractivity contribution in [2.75, 3.05) is 46.3 Å². The summed E-state index contributed by atoms with van der Waals surface area (Å²) in [6, 6.07) is 10.3. The topological polar surface area (TPSA) is 268 Å². The minimum absolute atomic E-state index is 0.0234. The lowest BCUT2D eigenvalue weighted by atomic mass is 9.81. The molecule has 7 rings (SSSR count). The number of aliphatic hydroxyl groups is 1. The number of fused-ring (bicyclic) bond motifs is 5. The molecule has 71 heavy (non-hydrogen) atoms. The van der Waals surface area contributed by atoms with Crippen molar-refractivity contribution >= 4 is 52.5 Å². The minimum Gasteiger partial charge on any atom is -0.458 e. The van der Waals surface area contributed by atoms with Gasteiger partial charge in [-0.3, -0.25) is 28.8 Å². The zero-order valence-corrected chi connectivity index (χ0v) is 40.6. The highest BCUT2D eigenvalue weighted by Gasteiger charge is 2.46. The van der Waals surface area contributed by atoms with E-state index in [0.29, 0.717) is 54.0 Å². The summed E-state index contributed by atoms with van der Waals surface area (Å²) in [5, 5.41) is 27.8. The Bertz CT molecular complexity index is 2850. The van der Waals surface area contributed by atoms with Crippen molar-refractivity contribution in [3.05, 3.63) is 97.6 Å². The molecular weight excluding hydrogens is 922 g/mol. The fourth-order valence-electron chi connectivity index (χ4n) is 9.12. The molecule has 4 aromatic rings. The maximum atomic E-state index is 15.4. The van der Waals surface area contributed by atoms with Gasteiger partial charge < -0.3 is 55.9 Å². The largest absolute Gasteiger partial charge is 0.458 e. The highest BCUT2D eigenvalue weighted by atomic mass is 19.1. The number of hydrogen-bond acceptors (Lipinski definition) is 13. The van der Waals surface area contributed by atoms with Crippen LogP contribution in [0.4, 0.5) is 9.18 Å². The standard InChI is InChI=1S/C50H60FN9O11/c1-7-50(69)32-20-37-44-30(25-60(37)46(66)31(32)26-70-47(50)67)43-34(14-13-29-27(2)33(51)21-35(58-44)42(29)43)56-38(61)15-17-59(6)18-16-52-39(62)22-54-45(65)36(19-28-11-9-8-10-12-28)57-41(64)24-53-40(63)23-55-48(68)71-49(3,4)5/h8-12,20-21,34,36,69H,7,13-19,22-26H2,1-6H3,(H,52,62)(H,53,63)(H,54,65)(H,55,68)(H,56,61)(H,57,64)/t34-,36-,50-/m0/s1. The van der Waals surface area contributed by atoms with Crippen LogP contribution in [0.15, 0.2) is 47.3 Å². The highest BCUT2D eigenvalue weighted by Crippen LogP contribution is 2.46. The molecule has 6 amide bonds. The molecule has 0 saturated carbocycles. The number of nitrogens with one attached hydrogen (secondary N) is 6. The molecule has 0 fully saturated rings. The van der Waals surface area contributed by atoms with Crippen molar-refractivity contribution in [2.45, 2.75) is 103 Å². The Balaban J connectivity index is 0.914. The first-order valence-electron chi connectivity index (χ1n) is 23.6. The number of cyclic esters (lactones) is 1. The predicted molar refractivity (Wildman–Crippen MR) is 256 cm³/mol. The lowest BCUT2D eigenvalue weighted by Crippen LogP contribution is -2.52. The van der Waals surface area contributed by atoms with Crippen molar-refractivity contribution in [1.29, 1.82) is 0 Å². The predicted octanol–water partition coefficient (Wildman–Crippen LogP) is 1.55. The lowest BCUT2D eigenvalue weighted by molar-refractivity contribution is -0.172. The van der Waals surface area contributed by atoms with E-state index in [1.165, 1.54) is 10.6 Å². The smallest absolute Gasteiger partial charge is 0.408 e. The number of aromatic nitrogens is 2. The molecule has 0 radical (unpaired) electrons. The Morgan fingerprint density at radius 2 is 1.65 bits per heavy atom. The number of alkyl carbamates (subject to hydrolysis) is 1. The molecule has 2 aliphatic heterocycles. The van der Waals surface area contributed by atoms with Crippen LogP contribution in [-0.2, 0) is 69.8 Å². The van der Waals surface area contributed by atoms with Crippen molar-refractivity contribution < 1.29 is 52.5 Å². The van der Waals surface area contributed by atoms with Gasteiger partial charge in [0.15, 0.2) is 5.60 Å². The molecular formula is C50H60FN9O11. The molecule has 1 aliphatic carbocycles. The second-order valence-corrected chi connectivity index (χ2v) is 19.0. The Kier molecular flexibility index (Phi) is 15.5. The first-order chi connectivity index (χ1) is 33.7. The number of nitrogens with zero attached hydrogens (tertiary/aromatic N) is 3. The number of esters is 1. The van der Waals surface area contributed by atoms with Crippen LogP contribution in [0.3, 0.4) is 0 Å². The van der Waals surface area contributed by atoms with Gasteiger partial charge in [0, 0.05) is 55.1 Å². The summed E-state index contributed by atoms with van der Waals surface area (Å²) in [5.41, 5.74) is 1.71. The summed E-state index contributed by atoms with van der Waals surface area (Å²) in [6.45, 7) is 7.74. The van der Waals surface area contributed by atoms with Gasteiger partial charge in [-0.15, -0.1) is 0 Å². The molecule has 4 heterocycles. The molecule has 7 N–H and O–H groups in total. The molecule has 3 atom stereocenters. The van der Waals surface area contributed by atoms with Gasteiger partial charge in [-0.1, -0.05) is 37.3 Å². The van der Waals surface area contributed by atoms with E-state index >= 15 is 4.39 Å². The van der Waals surface area contributed by atoms with E-state index in [2.05, 4.69) is 31.9 Å². The molecule has 0 spiro atoms. The van der Waals surface area contributed by atoms with Gasteiger partial charge in [-0.25, -0.2) is 19.0 Å². The van der Waals surface area contributed by atoms with Gasteiger partial charge in [0.05, 0.1) is 48.1 Å². The van der Waals surface area contributed by atoms with Crippen LogP contribution >= 0.6 is 0 Å². The third-order valence-electron chi connectivity index (χ3n) is 12.8. The first-order valence-corrected chi connectivity index (χ1v) is 23.6. The molecule has 2 aromatic carbocycles. The molecule has 0 unspecified atom stereocenters. The zero-order valence-electron chi connectivity index (χ0n) is 40.6. The van der Waals surface area contributed by atoms with E-state index in [9.17, 15) is 43.5 Å². The van der Waals surface area contributed by atoms with Crippen LogP contribution in [0, 0.1) is 12.7 Å². The Hall–Kier alpha value is -7.26. The Morgan fingerprint density at radius 1 is 0.944 bits per heavy atom. The summed E-state index contributed by atoms with van der Waals surface area (Å²) in [5.74, 6) is -3.97. The van der Waals surface area contributed by atoms with Crippen LogP contribution in [0.25, 0.3) is 22.3 Å². The summed E-state index contributed by atoms with van der Waals surface area (Å²) in [6.07, 6.45) is 0.305. The average Bonchev–Trinajstić information content (AvgIpc) is 3.70. The molecule has 20 nitrogen and oxygen atoms in total. The third-order valence-corrected chi connectivity index (χ3v) is 12.8. The monoisotopic (exact) mass is 981 g/mol. The number of carbonyl (C=O) groups excluding carboxylic acids is 7. The molecule has 3 aliphatic rings. The normalized spacial score (nSPS) is 17.0. The zero-order chi connectivity index (χ0) is 51.4. The number of amides is 6. The number of pyridine rings is 2. The number of aryl methyl sites for hydroxylation is 1. The van der Waals surface area contributed by atoms with Gasteiger partial charge in [0.25, 0.3) is 5.56 Å². The number of halogens is 1. The van der Waals surface area contributed by atoms with Crippen LogP contribution < -0.4 is 37.5 Å². The highest BCUT2D eigenvalue weighted by molar-refractivity contribution is 5.95. The van der Waals surface area contributed by atoms with Crippen LogP contribution in [0.5, 0.6) is 0 Å². The second kappa shape index (κ2) is 21.4. The molecule has 21 heteroatoms. The van der Waals surface area contributed by atoms with Crippen molar-refractivity contribution in [2.24, 2.45) is 0 Å². The summed E-state index contributed by atoms with van der Waals surface area (Å²) < 4.78 is 27.2. The van der Waals surface area contributed by atoms with E-state index in [-0.39, 0.29) is 62.5 Å². The molecule has 0 saturated heterocycles. The number of likely N-dealkylation sites (N-methyl/N-ethyl adjacent to an activating group) is 1. The van der Waals surface area contributed by atoms with Crippen molar-refractivity contribution in [3.63, 3.8) is 0 Å². The van der Waals surface area contributed by atoms with E-state index in [1.807, 2.05) is 4.90 Å². The first kappa shape index (κ1) is 51.6. The molecule has 2 aromatic heterocycles. The third kappa shape index (κ3) is 11.7. The SMILES string of the molecule is CC[C@@]1(O)C(=O)OCc2c1cc1n(c2=O)Cc2c-1nc1cc(F)c(C)c3c1c2[C@@H](NC(=O)CCN(C)CCNC(=O)CNC(=O)[C@H](Cc1ccccc1)NC(=O)CNC(=O)CNC(=O)OC(C)(C)C)CC3. The average molecular weight is 982 g/mol. The molecule has 378 valence electrons. The summed E-state index contributed by atoms with van der Waals surface area (Å²) in [7, 11) is 1.79. The van der Waals surface area contributed by atoms with E-state index in [1.54, 1.807) is 78.1 Å². The van der Waals surface area contributed by atoms with Crippen LogP contribution in [0.2, 0.25) is 0 Å². The van der Waals surface area contributed by atoms with Gasteiger partial charge in [0.1, 0.15) is 30.6 Å². The number of hydrogen-bond donors (Lipinski definition) is 7. The lowest BCUT2D eigenvalue weighted by Gasteiger charge is -2.31. The quantitative estimate of drug-likeness (QED) is 0.0616. The van der Waals surface area contributed by atoms with E-state index in [0.717, 1.165) is 22.1 Å². The van der Waals surface area contributed by atoms with Crippen LogP contribution in [-0.4, -0.2) is 119 Å². The Morgan fingerprint density at radius 3 is 2.37 bits per heavy atom. The fourth-order valence-corrected chi connectivity index (χ4v) is 9.12. The van der Waals surface area contributed by atoms with Crippen molar-refractivity contribution in [1.82, 2.24) is 46.4 Å². The fraction of sp³-hybridized carbons (Fsp3) is 0.460.